The highest BCUT2D eigenvalue weighted by atomic mass is 35.5. The van der Waals surface area contributed by atoms with Crippen molar-refractivity contribution in [2.45, 2.75) is 13.0 Å². The van der Waals surface area contributed by atoms with Gasteiger partial charge in [-0.2, -0.15) is 8.78 Å². The molecule has 4 nitrogen and oxygen atoms in total. The zero-order chi connectivity index (χ0) is 13.8. The van der Waals surface area contributed by atoms with Crippen LogP contribution < -0.4 is 10.5 Å². The number of nitrogens with two attached hydrogens (primary N) is 1. The Morgan fingerprint density at radius 1 is 1.45 bits per heavy atom. The first-order valence-electron chi connectivity index (χ1n) is 6.15. The molecule has 1 aliphatic rings. The van der Waals surface area contributed by atoms with Crippen molar-refractivity contribution in [3.8, 4) is 5.75 Å². The number of alkyl halides is 2. The number of rotatable bonds is 4. The summed E-state index contributed by atoms with van der Waals surface area (Å²) in [4.78, 5) is 13.9. The van der Waals surface area contributed by atoms with Gasteiger partial charge in [0, 0.05) is 13.1 Å². The van der Waals surface area contributed by atoms with Gasteiger partial charge < -0.3 is 15.4 Å². The first kappa shape index (κ1) is 16.7. The van der Waals surface area contributed by atoms with Crippen molar-refractivity contribution < 1.29 is 18.3 Å². The molecule has 0 spiro atoms. The van der Waals surface area contributed by atoms with Crippen molar-refractivity contribution >= 4 is 18.3 Å². The lowest BCUT2D eigenvalue weighted by Gasteiger charge is -2.18. The molecule has 1 fully saturated rings. The molecular formula is C13H17ClF2N2O2. The van der Waals surface area contributed by atoms with Crippen molar-refractivity contribution in [1.82, 2.24) is 4.90 Å². The van der Waals surface area contributed by atoms with E-state index in [9.17, 15) is 13.6 Å². The van der Waals surface area contributed by atoms with Crippen LogP contribution in [0.5, 0.6) is 5.75 Å². The first-order valence-corrected chi connectivity index (χ1v) is 6.15. The van der Waals surface area contributed by atoms with Crippen LogP contribution in [0.25, 0.3) is 0 Å². The summed E-state index contributed by atoms with van der Waals surface area (Å²) in [6.07, 6.45) is 0.847. The van der Waals surface area contributed by atoms with Gasteiger partial charge in [0.1, 0.15) is 5.75 Å². The molecule has 1 aromatic carbocycles. The monoisotopic (exact) mass is 306 g/mol. The van der Waals surface area contributed by atoms with E-state index in [2.05, 4.69) is 4.74 Å². The standard InChI is InChI=1S/C13H16F2N2O2.ClH/c14-13(15)19-11-4-2-1-3-10(11)12(18)17-6-5-9(7-16)8-17;/h1-4,9,13H,5-8,16H2;1H. The van der Waals surface area contributed by atoms with E-state index in [1.165, 1.54) is 12.1 Å². The summed E-state index contributed by atoms with van der Waals surface area (Å²) in [5.74, 6) is -0.0852. The largest absolute Gasteiger partial charge is 0.434 e. The number of para-hydroxylation sites is 1. The fourth-order valence-corrected chi connectivity index (χ4v) is 2.22. The van der Waals surface area contributed by atoms with Gasteiger partial charge in [0.05, 0.1) is 5.56 Å². The van der Waals surface area contributed by atoms with Crippen LogP contribution in [0.1, 0.15) is 16.8 Å². The van der Waals surface area contributed by atoms with Gasteiger partial charge in [0.25, 0.3) is 5.91 Å². The molecule has 1 unspecified atom stereocenters. The molecule has 0 aromatic heterocycles. The third-order valence-electron chi connectivity index (χ3n) is 3.24. The fraction of sp³-hybridized carbons (Fsp3) is 0.462. The van der Waals surface area contributed by atoms with Crippen LogP contribution >= 0.6 is 12.4 Å². The molecule has 0 radical (unpaired) electrons. The fourth-order valence-electron chi connectivity index (χ4n) is 2.22. The second-order valence-electron chi connectivity index (χ2n) is 4.52. The van der Waals surface area contributed by atoms with Gasteiger partial charge in [-0.1, -0.05) is 12.1 Å². The van der Waals surface area contributed by atoms with E-state index in [4.69, 9.17) is 5.73 Å². The minimum atomic E-state index is -2.94. The van der Waals surface area contributed by atoms with Gasteiger partial charge in [-0.15, -0.1) is 12.4 Å². The molecule has 2 rings (SSSR count). The molecular weight excluding hydrogens is 290 g/mol. The summed E-state index contributed by atoms with van der Waals surface area (Å²) in [6.45, 7) is -1.24. The van der Waals surface area contributed by atoms with Crippen molar-refractivity contribution in [3.05, 3.63) is 29.8 Å². The second kappa shape index (κ2) is 7.40. The Hall–Kier alpha value is -1.40. The molecule has 1 saturated heterocycles. The molecule has 20 heavy (non-hydrogen) atoms. The maximum atomic E-state index is 12.3. The third-order valence-corrected chi connectivity index (χ3v) is 3.24. The Morgan fingerprint density at radius 3 is 2.75 bits per heavy atom. The lowest BCUT2D eigenvalue weighted by Crippen LogP contribution is -2.30. The number of halogens is 3. The van der Waals surface area contributed by atoms with Crippen molar-refractivity contribution in [2.75, 3.05) is 19.6 Å². The van der Waals surface area contributed by atoms with Crippen LogP contribution in [0.15, 0.2) is 24.3 Å². The van der Waals surface area contributed by atoms with Gasteiger partial charge >= 0.3 is 6.61 Å². The summed E-state index contributed by atoms with van der Waals surface area (Å²) in [6, 6.07) is 6.05. The maximum Gasteiger partial charge on any atom is 0.387 e. The highest BCUT2D eigenvalue weighted by molar-refractivity contribution is 5.97. The van der Waals surface area contributed by atoms with Crippen LogP contribution in [0.3, 0.4) is 0 Å². The summed E-state index contributed by atoms with van der Waals surface area (Å²) >= 11 is 0. The van der Waals surface area contributed by atoms with Crippen LogP contribution in [-0.2, 0) is 0 Å². The van der Waals surface area contributed by atoms with E-state index in [0.717, 1.165) is 6.42 Å². The van der Waals surface area contributed by atoms with E-state index in [1.54, 1.807) is 17.0 Å². The van der Waals surface area contributed by atoms with Crippen molar-refractivity contribution in [1.29, 1.82) is 0 Å². The van der Waals surface area contributed by atoms with Crippen LogP contribution in [0.4, 0.5) is 8.78 Å². The summed E-state index contributed by atoms with van der Waals surface area (Å²) in [7, 11) is 0. The van der Waals surface area contributed by atoms with Gasteiger partial charge in [0.2, 0.25) is 0 Å². The Morgan fingerprint density at radius 2 is 2.15 bits per heavy atom. The SMILES string of the molecule is Cl.NCC1CCN(C(=O)c2ccccc2OC(F)F)C1. The Kier molecular flexibility index (Phi) is 6.16. The number of amides is 1. The average Bonchev–Trinajstić information content (AvgIpc) is 2.86. The van der Waals surface area contributed by atoms with Gasteiger partial charge in [-0.25, -0.2) is 0 Å². The normalized spacial score (nSPS) is 18.0. The zero-order valence-electron chi connectivity index (χ0n) is 10.8. The van der Waals surface area contributed by atoms with E-state index in [-0.39, 0.29) is 35.5 Å². The molecule has 1 heterocycles. The topological polar surface area (TPSA) is 55.6 Å². The number of likely N-dealkylation sites (tertiary alicyclic amines) is 1. The van der Waals surface area contributed by atoms with E-state index >= 15 is 0 Å². The Labute approximate surface area is 122 Å². The molecule has 0 saturated carbocycles. The molecule has 1 atom stereocenters. The molecule has 1 amide bonds. The third kappa shape index (κ3) is 3.80. The summed E-state index contributed by atoms with van der Waals surface area (Å²) in [5, 5.41) is 0. The number of hydrogen-bond donors (Lipinski definition) is 1. The Bertz CT molecular complexity index is 460. The zero-order valence-corrected chi connectivity index (χ0v) is 11.6. The molecule has 112 valence electrons. The molecule has 1 aliphatic heterocycles. The second-order valence-corrected chi connectivity index (χ2v) is 4.52. The molecule has 2 N–H and O–H groups in total. The number of carbonyl (C=O) groups excluding carboxylic acids is 1. The van der Waals surface area contributed by atoms with Crippen LogP contribution in [-0.4, -0.2) is 37.1 Å². The van der Waals surface area contributed by atoms with Crippen molar-refractivity contribution in [2.24, 2.45) is 11.7 Å². The number of hydrogen-bond acceptors (Lipinski definition) is 3. The number of carbonyl (C=O) groups is 1. The molecule has 0 bridgehead atoms. The smallest absolute Gasteiger partial charge is 0.387 e. The highest BCUT2D eigenvalue weighted by Gasteiger charge is 2.28. The summed E-state index contributed by atoms with van der Waals surface area (Å²) < 4.78 is 29.0. The number of nitrogens with zero attached hydrogens (tertiary/aromatic N) is 1. The molecule has 1 aromatic rings. The quantitative estimate of drug-likeness (QED) is 0.927. The maximum absolute atomic E-state index is 12.3. The summed E-state index contributed by atoms with van der Waals surface area (Å²) in [5.41, 5.74) is 5.74. The average molecular weight is 307 g/mol. The van der Waals surface area contributed by atoms with E-state index < -0.39 is 6.61 Å². The molecule has 7 heteroatoms. The van der Waals surface area contributed by atoms with Gasteiger partial charge in [-0.3, -0.25) is 4.79 Å². The van der Waals surface area contributed by atoms with Crippen LogP contribution in [0.2, 0.25) is 0 Å². The lowest BCUT2D eigenvalue weighted by atomic mass is 10.1. The molecule has 0 aliphatic carbocycles. The lowest BCUT2D eigenvalue weighted by molar-refractivity contribution is -0.0502. The van der Waals surface area contributed by atoms with Gasteiger partial charge in [-0.05, 0) is 31.0 Å². The van der Waals surface area contributed by atoms with Crippen molar-refractivity contribution in [3.63, 3.8) is 0 Å². The Balaban J connectivity index is 0.00000200. The minimum absolute atomic E-state index is 0. The van der Waals surface area contributed by atoms with Gasteiger partial charge in [0.15, 0.2) is 0 Å². The predicted octanol–water partition coefficient (Wildman–Crippen LogP) is 2.13. The first-order chi connectivity index (χ1) is 9.11. The number of ether oxygens (including phenoxy) is 1. The number of benzene rings is 1. The highest BCUT2D eigenvalue weighted by Crippen LogP contribution is 2.24. The minimum Gasteiger partial charge on any atom is -0.434 e. The van der Waals surface area contributed by atoms with E-state index in [0.29, 0.717) is 19.6 Å². The predicted molar refractivity (Wildman–Crippen MR) is 73.4 cm³/mol. The van der Waals surface area contributed by atoms with E-state index in [1.807, 2.05) is 0 Å². The van der Waals surface area contributed by atoms with Crippen LogP contribution in [0, 0.1) is 5.92 Å².